The fourth-order valence-corrected chi connectivity index (χ4v) is 2.28. The second kappa shape index (κ2) is 3.90. The van der Waals surface area contributed by atoms with Gasteiger partial charge in [-0.1, -0.05) is 13.8 Å². The number of rotatable bonds is 3. The van der Waals surface area contributed by atoms with Crippen LogP contribution in [-0.4, -0.2) is 34.2 Å². The van der Waals surface area contributed by atoms with E-state index in [0.29, 0.717) is 6.54 Å². The molecule has 0 aromatic rings. The number of hydrogen-bond donors (Lipinski definition) is 3. The first-order valence-corrected chi connectivity index (χ1v) is 5.18. The van der Waals surface area contributed by atoms with Crippen molar-refractivity contribution in [2.45, 2.75) is 31.1 Å². The molecular formula is C9H15NO3S. The molecule has 1 heterocycles. The molecule has 0 radical (unpaired) electrons. The Kier molecular flexibility index (Phi) is 3.21. The molecule has 0 aliphatic carbocycles. The number of Topliss-reactive ketones (excluding diaryl/α,β-unsaturated/α-hetero) is 1. The van der Waals surface area contributed by atoms with Crippen molar-refractivity contribution in [3.63, 3.8) is 0 Å². The number of thiol groups is 1. The van der Waals surface area contributed by atoms with Crippen LogP contribution in [0.1, 0.15) is 20.3 Å². The minimum absolute atomic E-state index is 0.0879. The molecule has 4 nitrogen and oxygen atoms in total. The molecule has 14 heavy (non-hydrogen) atoms. The van der Waals surface area contributed by atoms with E-state index in [1.807, 2.05) is 6.92 Å². The summed E-state index contributed by atoms with van der Waals surface area (Å²) in [6.07, 6.45) is 0.211. The standard InChI is InChI=1S/C9H15NO3S/c1-3-6(11)9(8(12)13)7(14)5(2)4-10-9/h5,7,10,14H,3-4H2,1-2H3,(H,12,13)/t5?,7-,9-/m0/s1. The molecule has 1 rings (SSSR count). The Morgan fingerprint density at radius 3 is 2.50 bits per heavy atom. The van der Waals surface area contributed by atoms with E-state index in [-0.39, 0.29) is 18.1 Å². The van der Waals surface area contributed by atoms with Gasteiger partial charge in [-0.25, -0.2) is 4.79 Å². The topological polar surface area (TPSA) is 66.4 Å². The molecule has 2 N–H and O–H groups in total. The van der Waals surface area contributed by atoms with Crippen molar-refractivity contribution in [2.75, 3.05) is 6.54 Å². The minimum Gasteiger partial charge on any atom is -0.479 e. The Bertz CT molecular complexity index is 269. The van der Waals surface area contributed by atoms with Gasteiger partial charge < -0.3 is 5.11 Å². The zero-order valence-corrected chi connectivity index (χ0v) is 9.17. The third-order valence-corrected chi connectivity index (χ3v) is 3.68. The first kappa shape index (κ1) is 11.5. The summed E-state index contributed by atoms with van der Waals surface area (Å²) in [4.78, 5) is 22.8. The molecule has 5 heteroatoms. The quantitative estimate of drug-likeness (QED) is 0.471. The number of carboxylic acid groups (broad SMARTS) is 1. The predicted octanol–water partition coefficient (Wildman–Crippen LogP) is 0.327. The fourth-order valence-electron chi connectivity index (χ4n) is 1.83. The van der Waals surface area contributed by atoms with Gasteiger partial charge in [0.2, 0.25) is 0 Å². The summed E-state index contributed by atoms with van der Waals surface area (Å²) in [6.45, 7) is 4.07. The van der Waals surface area contributed by atoms with E-state index >= 15 is 0 Å². The van der Waals surface area contributed by atoms with Crippen molar-refractivity contribution in [1.29, 1.82) is 0 Å². The molecule has 0 aromatic heterocycles. The number of carboxylic acids is 1. The monoisotopic (exact) mass is 217 g/mol. The third kappa shape index (κ3) is 1.44. The first-order valence-electron chi connectivity index (χ1n) is 4.66. The van der Waals surface area contributed by atoms with Crippen LogP contribution in [0, 0.1) is 5.92 Å². The highest BCUT2D eigenvalue weighted by Gasteiger charge is 2.55. The number of carbonyl (C=O) groups is 2. The average Bonchev–Trinajstić information content (AvgIpc) is 2.44. The molecule has 1 aliphatic rings. The largest absolute Gasteiger partial charge is 0.479 e. The molecule has 0 amide bonds. The zero-order chi connectivity index (χ0) is 10.9. The van der Waals surface area contributed by atoms with Gasteiger partial charge in [0, 0.05) is 18.2 Å². The van der Waals surface area contributed by atoms with Gasteiger partial charge in [0.05, 0.1) is 0 Å². The zero-order valence-electron chi connectivity index (χ0n) is 8.28. The SMILES string of the molecule is CCC(=O)[C@]1(C(=O)O)NCC(C)[C@@H]1S. The molecule has 1 saturated heterocycles. The lowest BCUT2D eigenvalue weighted by atomic mass is 9.87. The normalized spacial score (nSPS) is 37.1. The van der Waals surface area contributed by atoms with Crippen LogP contribution in [0.3, 0.4) is 0 Å². The van der Waals surface area contributed by atoms with Gasteiger partial charge in [-0.2, -0.15) is 12.6 Å². The summed E-state index contributed by atoms with van der Waals surface area (Å²) in [5.41, 5.74) is -1.47. The number of aliphatic carboxylic acids is 1. The molecule has 1 fully saturated rings. The van der Waals surface area contributed by atoms with Gasteiger partial charge in [-0.05, 0) is 5.92 Å². The van der Waals surface area contributed by atoms with Crippen LogP contribution < -0.4 is 5.32 Å². The van der Waals surface area contributed by atoms with Crippen molar-refractivity contribution >= 4 is 24.4 Å². The van der Waals surface area contributed by atoms with E-state index in [1.54, 1.807) is 6.92 Å². The third-order valence-electron chi connectivity index (χ3n) is 2.78. The van der Waals surface area contributed by atoms with Gasteiger partial charge in [0.15, 0.2) is 11.3 Å². The van der Waals surface area contributed by atoms with E-state index < -0.39 is 16.8 Å². The van der Waals surface area contributed by atoms with Crippen molar-refractivity contribution in [3.8, 4) is 0 Å². The lowest BCUT2D eigenvalue weighted by Crippen LogP contribution is -2.59. The Balaban J connectivity index is 3.06. The molecular weight excluding hydrogens is 202 g/mol. The Labute approximate surface area is 88.5 Å². The maximum Gasteiger partial charge on any atom is 0.332 e. The van der Waals surface area contributed by atoms with Gasteiger partial charge in [0.1, 0.15) is 0 Å². The maximum atomic E-state index is 11.6. The second-order valence-corrected chi connectivity index (χ2v) is 4.25. The fraction of sp³-hybridized carbons (Fsp3) is 0.778. The van der Waals surface area contributed by atoms with Crippen LogP contribution in [0.5, 0.6) is 0 Å². The maximum absolute atomic E-state index is 11.6. The summed E-state index contributed by atoms with van der Waals surface area (Å²) in [5.74, 6) is -1.33. The summed E-state index contributed by atoms with van der Waals surface area (Å²) in [6, 6.07) is 0. The van der Waals surface area contributed by atoms with Crippen LogP contribution >= 0.6 is 12.6 Å². The molecule has 0 saturated carbocycles. The molecule has 1 unspecified atom stereocenters. The summed E-state index contributed by atoms with van der Waals surface area (Å²) in [7, 11) is 0. The lowest BCUT2D eigenvalue weighted by Gasteiger charge is -2.27. The van der Waals surface area contributed by atoms with E-state index in [0.717, 1.165) is 0 Å². The van der Waals surface area contributed by atoms with Gasteiger partial charge >= 0.3 is 5.97 Å². The Morgan fingerprint density at radius 2 is 2.21 bits per heavy atom. The first-order chi connectivity index (χ1) is 6.46. The average molecular weight is 217 g/mol. The summed E-state index contributed by atoms with van der Waals surface area (Å²) < 4.78 is 0. The van der Waals surface area contributed by atoms with Gasteiger partial charge in [-0.3, -0.25) is 10.1 Å². The lowest BCUT2D eigenvalue weighted by molar-refractivity contribution is -0.149. The highest BCUT2D eigenvalue weighted by molar-refractivity contribution is 7.81. The predicted molar refractivity (Wildman–Crippen MR) is 55.6 cm³/mol. The van der Waals surface area contributed by atoms with Crippen molar-refractivity contribution in [3.05, 3.63) is 0 Å². The van der Waals surface area contributed by atoms with Crippen LogP contribution in [0.25, 0.3) is 0 Å². The Hall–Kier alpha value is -0.550. The van der Waals surface area contributed by atoms with E-state index in [9.17, 15) is 9.59 Å². The molecule has 0 spiro atoms. The highest BCUT2D eigenvalue weighted by atomic mass is 32.1. The molecule has 0 bridgehead atoms. The number of hydrogen-bond acceptors (Lipinski definition) is 4. The van der Waals surface area contributed by atoms with Gasteiger partial charge in [-0.15, -0.1) is 0 Å². The Morgan fingerprint density at radius 1 is 1.64 bits per heavy atom. The number of nitrogens with one attached hydrogen (secondary N) is 1. The molecule has 0 aromatic carbocycles. The van der Waals surface area contributed by atoms with E-state index in [2.05, 4.69) is 17.9 Å². The van der Waals surface area contributed by atoms with Crippen molar-refractivity contribution in [2.24, 2.45) is 5.92 Å². The minimum atomic E-state index is -1.47. The van der Waals surface area contributed by atoms with E-state index in [1.165, 1.54) is 0 Å². The smallest absolute Gasteiger partial charge is 0.332 e. The van der Waals surface area contributed by atoms with Crippen molar-refractivity contribution < 1.29 is 14.7 Å². The number of carbonyl (C=O) groups excluding carboxylic acids is 1. The molecule has 80 valence electrons. The van der Waals surface area contributed by atoms with Crippen molar-refractivity contribution in [1.82, 2.24) is 5.32 Å². The highest BCUT2D eigenvalue weighted by Crippen LogP contribution is 2.31. The molecule has 1 aliphatic heterocycles. The van der Waals surface area contributed by atoms with Crippen LogP contribution in [0.4, 0.5) is 0 Å². The second-order valence-electron chi connectivity index (χ2n) is 3.69. The van der Waals surface area contributed by atoms with Crippen LogP contribution in [0.2, 0.25) is 0 Å². The van der Waals surface area contributed by atoms with Crippen LogP contribution in [0.15, 0.2) is 0 Å². The van der Waals surface area contributed by atoms with E-state index in [4.69, 9.17) is 5.11 Å². The molecule has 3 atom stereocenters. The summed E-state index contributed by atoms with van der Waals surface area (Å²) >= 11 is 4.24. The van der Waals surface area contributed by atoms with Gasteiger partial charge in [0.25, 0.3) is 0 Å². The number of ketones is 1. The van der Waals surface area contributed by atoms with Crippen LogP contribution in [-0.2, 0) is 9.59 Å². The summed E-state index contributed by atoms with van der Waals surface area (Å²) in [5, 5.41) is 11.5.